The van der Waals surface area contributed by atoms with Crippen LogP contribution in [0.3, 0.4) is 0 Å². The van der Waals surface area contributed by atoms with Crippen LogP contribution in [0.25, 0.3) is 11.3 Å². The number of H-pyrrole nitrogens is 1. The van der Waals surface area contributed by atoms with Crippen molar-refractivity contribution in [3.8, 4) is 11.3 Å². The maximum Gasteiger partial charge on any atom is 0.223 e. The van der Waals surface area contributed by atoms with Crippen molar-refractivity contribution in [1.29, 1.82) is 0 Å². The first-order valence-corrected chi connectivity index (χ1v) is 8.01. The van der Waals surface area contributed by atoms with E-state index in [4.69, 9.17) is 0 Å². The number of hydrogen-bond donors (Lipinski definition) is 2. The lowest BCUT2D eigenvalue weighted by Crippen LogP contribution is -2.11. The number of hydrogen-bond acceptors (Lipinski definition) is 5. The van der Waals surface area contributed by atoms with Crippen molar-refractivity contribution in [3.63, 3.8) is 0 Å². The largest absolute Gasteiger partial charge is 0.348 e. The molecule has 0 aromatic carbocycles. The maximum atomic E-state index is 4.65. The Kier molecular flexibility index (Phi) is 4.29. The first-order chi connectivity index (χ1) is 11.5. The van der Waals surface area contributed by atoms with Crippen molar-refractivity contribution in [1.82, 2.24) is 25.1 Å². The summed E-state index contributed by atoms with van der Waals surface area (Å²) < 4.78 is 0. The van der Waals surface area contributed by atoms with E-state index in [1.807, 2.05) is 39.8 Å². The number of nitrogens with zero attached hydrogens (tertiary/aromatic N) is 4. The van der Waals surface area contributed by atoms with E-state index in [0.29, 0.717) is 5.95 Å². The van der Waals surface area contributed by atoms with Crippen molar-refractivity contribution in [2.24, 2.45) is 0 Å². The van der Waals surface area contributed by atoms with Crippen LogP contribution >= 0.6 is 0 Å². The smallest absolute Gasteiger partial charge is 0.223 e. The molecule has 0 bridgehead atoms. The van der Waals surface area contributed by atoms with Gasteiger partial charge in [0.15, 0.2) is 0 Å². The van der Waals surface area contributed by atoms with Crippen LogP contribution in [0.5, 0.6) is 0 Å². The van der Waals surface area contributed by atoms with Crippen molar-refractivity contribution >= 4 is 5.95 Å². The summed E-state index contributed by atoms with van der Waals surface area (Å²) in [6.07, 6.45) is 1.77. The van der Waals surface area contributed by atoms with E-state index in [1.165, 1.54) is 0 Å². The Labute approximate surface area is 141 Å². The van der Waals surface area contributed by atoms with Gasteiger partial charge in [0, 0.05) is 34.4 Å². The minimum absolute atomic E-state index is 0.0660. The van der Waals surface area contributed by atoms with Crippen molar-refractivity contribution in [3.05, 3.63) is 52.7 Å². The molecule has 0 amide bonds. The molecule has 0 unspecified atom stereocenters. The van der Waals surface area contributed by atoms with Gasteiger partial charge in [0.05, 0.1) is 17.4 Å². The van der Waals surface area contributed by atoms with Gasteiger partial charge in [-0.2, -0.15) is 5.10 Å². The summed E-state index contributed by atoms with van der Waals surface area (Å²) in [5.74, 6) is 0.597. The third-order valence-electron chi connectivity index (χ3n) is 4.12. The zero-order valence-electron chi connectivity index (χ0n) is 14.7. The molecule has 2 N–H and O–H groups in total. The molecular weight excluding hydrogens is 300 g/mol. The number of aryl methyl sites for hydroxylation is 4. The number of aromatic amines is 1. The second-order valence-electron chi connectivity index (χ2n) is 6.06. The van der Waals surface area contributed by atoms with E-state index >= 15 is 0 Å². The molecule has 3 rings (SSSR count). The van der Waals surface area contributed by atoms with Crippen LogP contribution in [0.4, 0.5) is 5.95 Å². The molecule has 124 valence electrons. The van der Waals surface area contributed by atoms with Crippen LogP contribution in [0, 0.1) is 27.7 Å². The lowest BCUT2D eigenvalue weighted by atomic mass is 10.1. The van der Waals surface area contributed by atoms with Crippen LogP contribution < -0.4 is 5.32 Å². The Bertz CT molecular complexity index is 848. The third-order valence-corrected chi connectivity index (χ3v) is 4.12. The fourth-order valence-corrected chi connectivity index (χ4v) is 3.00. The fourth-order valence-electron chi connectivity index (χ4n) is 3.00. The Hall–Kier alpha value is -2.76. The van der Waals surface area contributed by atoms with Crippen molar-refractivity contribution in [2.75, 3.05) is 5.32 Å². The topological polar surface area (TPSA) is 79.4 Å². The average Bonchev–Trinajstić information content (AvgIpc) is 2.86. The molecular formula is C18H22N6. The number of pyridine rings is 1. The summed E-state index contributed by atoms with van der Waals surface area (Å²) in [6.45, 7) is 10.1. The first kappa shape index (κ1) is 16.1. The van der Waals surface area contributed by atoms with Gasteiger partial charge < -0.3 is 5.32 Å². The molecule has 0 saturated carbocycles. The summed E-state index contributed by atoms with van der Waals surface area (Å²) >= 11 is 0. The Morgan fingerprint density at radius 1 is 1.00 bits per heavy atom. The highest BCUT2D eigenvalue weighted by Gasteiger charge is 2.15. The lowest BCUT2D eigenvalue weighted by Gasteiger charge is -2.15. The van der Waals surface area contributed by atoms with Gasteiger partial charge in [0.2, 0.25) is 5.95 Å². The lowest BCUT2D eigenvalue weighted by molar-refractivity contribution is 0.844. The SMILES string of the molecule is Cc1ccc(-c2ccnc(N[C@@H](C)c3c(C)n[nH]c3C)n2)c(C)n1. The highest BCUT2D eigenvalue weighted by atomic mass is 15.1. The van der Waals surface area contributed by atoms with Crippen molar-refractivity contribution in [2.45, 2.75) is 40.7 Å². The highest BCUT2D eigenvalue weighted by Crippen LogP contribution is 2.24. The quantitative estimate of drug-likeness (QED) is 0.766. The molecule has 6 heteroatoms. The second-order valence-corrected chi connectivity index (χ2v) is 6.06. The summed E-state index contributed by atoms with van der Waals surface area (Å²) in [5.41, 5.74) is 7.05. The molecule has 0 spiro atoms. The molecule has 3 aromatic rings. The molecule has 0 aliphatic rings. The standard InChI is InChI=1S/C18H22N6/c1-10-6-7-15(11(2)20-10)16-8-9-19-18(22-16)21-12(3)17-13(4)23-24-14(17)5/h6-9,12H,1-5H3,(H,23,24)(H,19,21,22)/t12-/m0/s1. The van der Waals surface area contributed by atoms with Gasteiger partial charge in [-0.1, -0.05) is 0 Å². The molecule has 0 saturated heterocycles. The normalized spacial score (nSPS) is 12.2. The van der Waals surface area contributed by atoms with E-state index in [0.717, 1.165) is 39.6 Å². The van der Waals surface area contributed by atoms with Gasteiger partial charge in [-0.15, -0.1) is 0 Å². The van der Waals surface area contributed by atoms with Gasteiger partial charge >= 0.3 is 0 Å². The number of anilines is 1. The number of aromatic nitrogens is 5. The molecule has 0 fully saturated rings. The van der Waals surface area contributed by atoms with Gasteiger partial charge in [-0.05, 0) is 52.8 Å². The van der Waals surface area contributed by atoms with Crippen LogP contribution in [0.2, 0.25) is 0 Å². The summed E-state index contributed by atoms with van der Waals surface area (Å²) in [5, 5.41) is 10.6. The Morgan fingerprint density at radius 3 is 2.46 bits per heavy atom. The van der Waals surface area contributed by atoms with E-state index in [9.17, 15) is 0 Å². The average molecular weight is 322 g/mol. The molecule has 0 radical (unpaired) electrons. The van der Waals surface area contributed by atoms with Crippen LogP contribution in [0.15, 0.2) is 24.4 Å². The summed E-state index contributed by atoms with van der Waals surface area (Å²) in [4.78, 5) is 13.5. The maximum absolute atomic E-state index is 4.65. The molecule has 0 aliphatic carbocycles. The zero-order valence-corrected chi connectivity index (χ0v) is 14.7. The first-order valence-electron chi connectivity index (χ1n) is 8.01. The monoisotopic (exact) mass is 322 g/mol. The molecule has 1 atom stereocenters. The predicted molar refractivity (Wildman–Crippen MR) is 94.8 cm³/mol. The van der Waals surface area contributed by atoms with E-state index in [1.54, 1.807) is 6.20 Å². The Balaban J connectivity index is 1.88. The van der Waals surface area contributed by atoms with Gasteiger partial charge in [0.25, 0.3) is 0 Å². The van der Waals surface area contributed by atoms with Crippen LogP contribution in [-0.4, -0.2) is 25.1 Å². The van der Waals surface area contributed by atoms with Gasteiger partial charge in [-0.3, -0.25) is 10.1 Å². The minimum Gasteiger partial charge on any atom is -0.348 e. The molecule has 3 heterocycles. The molecule has 6 nitrogen and oxygen atoms in total. The second kappa shape index (κ2) is 6.39. The van der Waals surface area contributed by atoms with Crippen molar-refractivity contribution < 1.29 is 0 Å². The third kappa shape index (κ3) is 3.13. The zero-order chi connectivity index (χ0) is 17.3. The fraction of sp³-hybridized carbons (Fsp3) is 0.333. The molecule has 24 heavy (non-hydrogen) atoms. The van der Waals surface area contributed by atoms with E-state index < -0.39 is 0 Å². The van der Waals surface area contributed by atoms with Crippen LogP contribution in [-0.2, 0) is 0 Å². The van der Waals surface area contributed by atoms with Crippen LogP contribution in [0.1, 0.15) is 41.3 Å². The van der Waals surface area contributed by atoms with E-state index in [2.05, 4.69) is 43.5 Å². The molecule has 0 aliphatic heterocycles. The molecule has 3 aromatic heterocycles. The van der Waals surface area contributed by atoms with Gasteiger partial charge in [-0.25, -0.2) is 9.97 Å². The number of nitrogens with one attached hydrogen (secondary N) is 2. The number of rotatable bonds is 4. The summed E-state index contributed by atoms with van der Waals surface area (Å²) in [6, 6.07) is 6.02. The van der Waals surface area contributed by atoms with E-state index in [-0.39, 0.29) is 6.04 Å². The predicted octanol–water partition coefficient (Wildman–Crippen LogP) is 3.67. The summed E-state index contributed by atoms with van der Waals surface area (Å²) in [7, 11) is 0. The highest BCUT2D eigenvalue weighted by molar-refractivity contribution is 5.62. The Morgan fingerprint density at radius 2 is 1.79 bits per heavy atom. The minimum atomic E-state index is 0.0660. The van der Waals surface area contributed by atoms with Gasteiger partial charge in [0.1, 0.15) is 0 Å².